The Labute approximate surface area is 137 Å². The van der Waals surface area contributed by atoms with E-state index in [2.05, 4.69) is 80.3 Å². The fourth-order valence-electron chi connectivity index (χ4n) is 1.23. The summed E-state index contributed by atoms with van der Waals surface area (Å²) in [4.78, 5) is 2.21. The molecule has 20 heavy (non-hydrogen) atoms. The molecule has 0 aromatic heterocycles. The van der Waals surface area contributed by atoms with Crippen molar-refractivity contribution in [3.63, 3.8) is 0 Å². The lowest BCUT2D eigenvalue weighted by Gasteiger charge is -2.33. The molecule has 0 fully saturated rings. The standard InChI is InChI=1S/C16H27IN2O/c1-13(10-11-17)15(9-8-14(2)20-7)18-12-16(3,4)19(5)6/h8-11,18H,2,12H2,1,3-7H3/b9-8-,11-10?,15-13?. The molecule has 114 valence electrons. The molecular weight excluding hydrogens is 363 g/mol. The second-order valence-corrected chi connectivity index (χ2v) is 6.17. The van der Waals surface area contributed by atoms with E-state index in [-0.39, 0.29) is 5.54 Å². The van der Waals surface area contributed by atoms with Gasteiger partial charge in [0.15, 0.2) is 0 Å². The van der Waals surface area contributed by atoms with Gasteiger partial charge in [-0.2, -0.15) is 0 Å². The lowest BCUT2D eigenvalue weighted by atomic mass is 10.0. The van der Waals surface area contributed by atoms with E-state index in [4.69, 9.17) is 4.74 Å². The molecule has 0 aromatic carbocycles. The van der Waals surface area contributed by atoms with Crippen LogP contribution in [0.1, 0.15) is 20.8 Å². The summed E-state index contributed by atoms with van der Waals surface area (Å²) in [5, 5.41) is 3.51. The predicted molar refractivity (Wildman–Crippen MR) is 96.9 cm³/mol. The average Bonchev–Trinajstić information content (AvgIpc) is 2.38. The first kappa shape index (κ1) is 19.2. The zero-order chi connectivity index (χ0) is 15.8. The Kier molecular flexibility index (Phi) is 8.89. The average molecular weight is 390 g/mol. The van der Waals surface area contributed by atoms with Crippen molar-refractivity contribution in [2.75, 3.05) is 27.7 Å². The number of hydrogen-bond acceptors (Lipinski definition) is 3. The summed E-state index contributed by atoms with van der Waals surface area (Å²) >= 11 is 2.22. The number of rotatable bonds is 8. The van der Waals surface area contributed by atoms with Crippen molar-refractivity contribution in [1.82, 2.24) is 10.2 Å². The Morgan fingerprint density at radius 1 is 1.30 bits per heavy atom. The highest BCUT2D eigenvalue weighted by atomic mass is 127. The van der Waals surface area contributed by atoms with Crippen LogP contribution in [0.5, 0.6) is 0 Å². The molecular formula is C16H27IN2O. The third-order valence-corrected chi connectivity index (χ3v) is 3.72. The molecule has 0 rings (SSSR count). The van der Waals surface area contributed by atoms with E-state index in [0.29, 0.717) is 5.76 Å². The van der Waals surface area contributed by atoms with Gasteiger partial charge in [-0.3, -0.25) is 0 Å². The van der Waals surface area contributed by atoms with Gasteiger partial charge in [-0.05, 0) is 56.7 Å². The van der Waals surface area contributed by atoms with E-state index >= 15 is 0 Å². The van der Waals surface area contributed by atoms with Gasteiger partial charge in [-0.15, -0.1) is 0 Å². The van der Waals surface area contributed by atoms with E-state index in [1.54, 1.807) is 7.11 Å². The molecule has 0 saturated heterocycles. The number of halogens is 1. The fraction of sp³-hybridized carbons (Fsp3) is 0.500. The van der Waals surface area contributed by atoms with Crippen LogP contribution in [0.2, 0.25) is 0 Å². The quantitative estimate of drug-likeness (QED) is 0.387. The molecule has 0 aliphatic carbocycles. The summed E-state index contributed by atoms with van der Waals surface area (Å²) in [6, 6.07) is 0. The molecule has 0 spiro atoms. The number of methoxy groups -OCH3 is 1. The Balaban J connectivity index is 5.04. The number of allylic oxidation sites excluding steroid dienone is 4. The molecule has 1 N–H and O–H groups in total. The highest BCUT2D eigenvalue weighted by Crippen LogP contribution is 2.12. The van der Waals surface area contributed by atoms with Crippen molar-refractivity contribution in [3.8, 4) is 0 Å². The summed E-state index contributed by atoms with van der Waals surface area (Å²) < 4.78 is 7.07. The second kappa shape index (κ2) is 9.23. The van der Waals surface area contributed by atoms with Crippen LogP contribution >= 0.6 is 22.6 Å². The predicted octanol–water partition coefficient (Wildman–Crippen LogP) is 3.86. The van der Waals surface area contributed by atoms with E-state index < -0.39 is 0 Å². The monoisotopic (exact) mass is 390 g/mol. The van der Waals surface area contributed by atoms with Crippen LogP contribution in [0.25, 0.3) is 0 Å². The number of likely N-dealkylation sites (N-methyl/N-ethyl adjacent to an activating group) is 1. The van der Waals surface area contributed by atoms with Crippen molar-refractivity contribution in [3.05, 3.63) is 45.9 Å². The molecule has 0 aliphatic rings. The van der Waals surface area contributed by atoms with Gasteiger partial charge in [0, 0.05) is 17.8 Å². The zero-order valence-electron chi connectivity index (χ0n) is 13.5. The summed E-state index contributed by atoms with van der Waals surface area (Å²) in [6.07, 6.45) is 5.95. The second-order valence-electron chi connectivity index (χ2n) is 5.45. The minimum Gasteiger partial charge on any atom is -0.497 e. The van der Waals surface area contributed by atoms with E-state index in [1.165, 1.54) is 5.57 Å². The smallest absolute Gasteiger partial charge is 0.111 e. The minimum atomic E-state index is 0.0751. The van der Waals surface area contributed by atoms with Gasteiger partial charge in [-0.25, -0.2) is 0 Å². The number of hydrogen-bond donors (Lipinski definition) is 1. The number of nitrogens with one attached hydrogen (secondary N) is 1. The summed E-state index contributed by atoms with van der Waals surface area (Å²) in [5.41, 5.74) is 2.33. The Hall–Kier alpha value is -0.750. The summed E-state index contributed by atoms with van der Waals surface area (Å²) in [7, 11) is 5.80. The molecule has 0 amide bonds. The highest BCUT2D eigenvalue weighted by Gasteiger charge is 2.20. The van der Waals surface area contributed by atoms with Gasteiger partial charge < -0.3 is 15.0 Å². The lowest BCUT2D eigenvalue weighted by molar-refractivity contribution is 0.195. The molecule has 3 nitrogen and oxygen atoms in total. The maximum absolute atomic E-state index is 5.06. The molecule has 0 aliphatic heterocycles. The van der Waals surface area contributed by atoms with Crippen LogP contribution < -0.4 is 5.32 Å². The molecule has 0 radical (unpaired) electrons. The molecule has 0 atom stereocenters. The Morgan fingerprint density at radius 2 is 1.90 bits per heavy atom. The van der Waals surface area contributed by atoms with Crippen molar-refractivity contribution in [2.24, 2.45) is 0 Å². The first-order chi connectivity index (χ1) is 9.24. The largest absolute Gasteiger partial charge is 0.497 e. The van der Waals surface area contributed by atoms with Crippen molar-refractivity contribution < 1.29 is 4.74 Å². The van der Waals surface area contributed by atoms with Gasteiger partial charge in [0.25, 0.3) is 0 Å². The van der Waals surface area contributed by atoms with Gasteiger partial charge in [0.05, 0.1) is 7.11 Å². The maximum atomic E-state index is 5.06. The van der Waals surface area contributed by atoms with Crippen molar-refractivity contribution in [1.29, 1.82) is 0 Å². The normalized spacial score (nSPS) is 14.0. The number of nitrogens with zero attached hydrogens (tertiary/aromatic N) is 1. The molecule has 0 heterocycles. The fourth-order valence-corrected chi connectivity index (χ4v) is 1.77. The SMILES string of the molecule is C=C(/C=C\C(NCC(C)(C)N(C)C)=C(C)C=CI)OC. The molecule has 0 aromatic rings. The summed E-state index contributed by atoms with van der Waals surface area (Å²) in [5.74, 6) is 0.641. The van der Waals surface area contributed by atoms with Crippen LogP contribution in [0.3, 0.4) is 0 Å². The third kappa shape index (κ3) is 7.14. The minimum absolute atomic E-state index is 0.0751. The van der Waals surface area contributed by atoms with Crippen LogP contribution in [-0.2, 0) is 4.74 Å². The summed E-state index contributed by atoms with van der Waals surface area (Å²) in [6.45, 7) is 11.2. The number of ether oxygens (including phenoxy) is 1. The molecule has 0 bridgehead atoms. The Bertz CT molecular complexity index is 407. The molecule has 0 unspecified atom stereocenters. The first-order valence-electron chi connectivity index (χ1n) is 6.54. The third-order valence-electron chi connectivity index (χ3n) is 3.36. The van der Waals surface area contributed by atoms with Gasteiger partial charge in [0.2, 0.25) is 0 Å². The van der Waals surface area contributed by atoms with Crippen LogP contribution in [0, 0.1) is 0 Å². The van der Waals surface area contributed by atoms with Crippen molar-refractivity contribution in [2.45, 2.75) is 26.3 Å². The molecule has 4 heteroatoms. The van der Waals surface area contributed by atoms with Crippen LogP contribution in [-0.4, -0.2) is 38.2 Å². The van der Waals surface area contributed by atoms with Crippen LogP contribution in [0.15, 0.2) is 45.9 Å². The zero-order valence-corrected chi connectivity index (χ0v) is 15.6. The van der Waals surface area contributed by atoms with Crippen LogP contribution in [0.4, 0.5) is 0 Å². The van der Waals surface area contributed by atoms with E-state index in [0.717, 1.165) is 12.2 Å². The first-order valence-corrected chi connectivity index (χ1v) is 7.79. The lowest BCUT2D eigenvalue weighted by Crippen LogP contribution is -2.46. The maximum Gasteiger partial charge on any atom is 0.111 e. The topological polar surface area (TPSA) is 24.5 Å². The highest BCUT2D eigenvalue weighted by molar-refractivity contribution is 14.1. The van der Waals surface area contributed by atoms with Gasteiger partial charge in [0.1, 0.15) is 5.76 Å². The van der Waals surface area contributed by atoms with E-state index in [9.17, 15) is 0 Å². The van der Waals surface area contributed by atoms with Gasteiger partial charge >= 0.3 is 0 Å². The molecule has 0 saturated carbocycles. The van der Waals surface area contributed by atoms with Gasteiger partial charge in [-0.1, -0.05) is 35.2 Å². The Morgan fingerprint density at radius 3 is 2.35 bits per heavy atom. The van der Waals surface area contributed by atoms with E-state index in [1.807, 2.05) is 16.2 Å². The van der Waals surface area contributed by atoms with Crippen molar-refractivity contribution >= 4 is 22.6 Å².